The van der Waals surface area contributed by atoms with Gasteiger partial charge in [0.2, 0.25) is 11.5 Å². The molecular formula is C27H31F4N3O7S. The van der Waals surface area contributed by atoms with Gasteiger partial charge >= 0.3 is 12.3 Å². The van der Waals surface area contributed by atoms with Gasteiger partial charge in [-0.1, -0.05) is 0 Å². The Kier molecular flexibility index (Phi) is 9.21. The number of alkyl halides is 3. The van der Waals surface area contributed by atoms with Crippen molar-refractivity contribution in [2.75, 3.05) is 35.9 Å². The lowest BCUT2D eigenvalue weighted by Crippen LogP contribution is -2.48. The second-order valence-electron chi connectivity index (χ2n) is 10.5. The highest BCUT2D eigenvalue weighted by Crippen LogP contribution is 2.39. The largest absolute Gasteiger partial charge is 0.484 e. The van der Waals surface area contributed by atoms with Gasteiger partial charge in [0, 0.05) is 25.3 Å². The Bertz CT molecular complexity index is 1400. The van der Waals surface area contributed by atoms with Gasteiger partial charge in [0.15, 0.2) is 0 Å². The third-order valence-electron chi connectivity index (χ3n) is 6.91. The molecule has 2 aromatic carbocycles. The van der Waals surface area contributed by atoms with Crippen LogP contribution < -0.4 is 19.7 Å². The molecule has 1 atom stereocenters. The highest BCUT2D eigenvalue weighted by atomic mass is 32.2. The molecular weight excluding hydrogens is 586 g/mol. The van der Waals surface area contributed by atoms with E-state index in [9.17, 15) is 35.6 Å². The summed E-state index contributed by atoms with van der Waals surface area (Å²) >= 11 is 0. The number of hydrogen-bond acceptors (Lipinski definition) is 7. The Morgan fingerprint density at radius 2 is 1.74 bits per heavy atom. The summed E-state index contributed by atoms with van der Waals surface area (Å²) in [4.78, 5) is 24.5. The molecule has 0 bridgehead atoms. The molecule has 2 amide bonds. The van der Waals surface area contributed by atoms with Crippen LogP contribution in [0.3, 0.4) is 0 Å². The zero-order chi connectivity index (χ0) is 30.7. The minimum atomic E-state index is -4.83. The van der Waals surface area contributed by atoms with Crippen LogP contribution in [0.5, 0.6) is 5.75 Å². The molecule has 0 spiro atoms. The molecule has 2 N–H and O–H groups in total. The number of halogens is 4. The molecule has 10 nitrogen and oxygen atoms in total. The quantitative estimate of drug-likeness (QED) is 0.415. The summed E-state index contributed by atoms with van der Waals surface area (Å²) in [5.41, 5.74) is -2.88. The van der Waals surface area contributed by atoms with Gasteiger partial charge in [0.1, 0.15) is 17.7 Å². The van der Waals surface area contributed by atoms with Crippen molar-refractivity contribution >= 4 is 33.4 Å². The van der Waals surface area contributed by atoms with E-state index in [-0.39, 0.29) is 46.9 Å². The summed E-state index contributed by atoms with van der Waals surface area (Å²) in [5, 5.41) is 4.96. The van der Waals surface area contributed by atoms with Gasteiger partial charge in [-0.25, -0.2) is 17.6 Å². The Labute approximate surface area is 240 Å². The number of hydrogen-bond donors (Lipinski definition) is 2. The van der Waals surface area contributed by atoms with Gasteiger partial charge in [-0.3, -0.25) is 14.4 Å². The molecule has 230 valence electrons. The first-order chi connectivity index (χ1) is 19.7. The monoisotopic (exact) mass is 617 g/mol. The fraction of sp³-hybridized carbons (Fsp3) is 0.481. The summed E-state index contributed by atoms with van der Waals surface area (Å²) in [6, 6.07) is 7.99. The maximum Gasteiger partial charge on any atom is 0.427 e. The van der Waals surface area contributed by atoms with E-state index in [1.165, 1.54) is 18.2 Å². The lowest BCUT2D eigenvalue weighted by Gasteiger charge is -2.36. The van der Waals surface area contributed by atoms with Crippen LogP contribution in [-0.4, -0.2) is 64.6 Å². The Morgan fingerprint density at radius 1 is 1.07 bits per heavy atom. The summed E-state index contributed by atoms with van der Waals surface area (Å²) in [6.07, 6.45) is -5.23. The van der Waals surface area contributed by atoms with E-state index >= 15 is 0 Å². The molecule has 4 rings (SSSR count). The highest BCUT2D eigenvalue weighted by molar-refractivity contribution is 7.92. The number of nitrogens with one attached hydrogen (secondary N) is 2. The first kappa shape index (κ1) is 31.3. The second-order valence-corrected chi connectivity index (χ2v) is 12.4. The molecule has 1 fully saturated rings. The maximum absolute atomic E-state index is 13.7. The molecule has 1 saturated heterocycles. The molecule has 42 heavy (non-hydrogen) atoms. The standard InChI is InChI=1S/C27H31F4N3O7S/c1-26(2,27(29,30)31)41-25(36)33-19-5-8-23-22(14-19)34(42(37,38)21-6-3-18(28)4-7-21)16-20(40-23)15-32-24(35)13-17-9-11-39-12-10-17/h3-8,14,17,20H,9-13,15-16H2,1-2H3,(H,32,35)(H,33,36)/t20-/m0/s1. The number of anilines is 2. The van der Waals surface area contributed by atoms with E-state index < -0.39 is 39.8 Å². The SMILES string of the molecule is CC(C)(OC(=O)Nc1ccc2c(c1)N(S(=O)(=O)c1ccc(F)cc1)C[C@H](CNC(=O)CC1CCOCC1)O2)C(F)(F)F. The van der Waals surface area contributed by atoms with Crippen molar-refractivity contribution < 1.29 is 49.8 Å². The lowest BCUT2D eigenvalue weighted by atomic mass is 9.96. The number of fused-ring (bicyclic) bond motifs is 1. The van der Waals surface area contributed by atoms with Crippen LogP contribution in [0.1, 0.15) is 33.1 Å². The van der Waals surface area contributed by atoms with Crippen molar-refractivity contribution in [1.82, 2.24) is 5.32 Å². The van der Waals surface area contributed by atoms with Crippen molar-refractivity contribution in [3.63, 3.8) is 0 Å². The highest BCUT2D eigenvalue weighted by Gasteiger charge is 2.51. The first-order valence-corrected chi connectivity index (χ1v) is 14.6. The van der Waals surface area contributed by atoms with Crippen LogP contribution in [-0.2, 0) is 24.3 Å². The van der Waals surface area contributed by atoms with E-state index in [1.807, 2.05) is 0 Å². The number of rotatable bonds is 8. The third kappa shape index (κ3) is 7.43. The summed E-state index contributed by atoms with van der Waals surface area (Å²) in [7, 11) is -4.31. The Balaban J connectivity index is 1.55. The Hall–Kier alpha value is -3.59. The zero-order valence-electron chi connectivity index (χ0n) is 22.9. The topological polar surface area (TPSA) is 123 Å². The number of nitrogens with zero attached hydrogens (tertiary/aromatic N) is 1. The van der Waals surface area contributed by atoms with Gasteiger partial charge in [-0.05, 0) is 75.1 Å². The molecule has 0 unspecified atom stereocenters. The molecule has 2 heterocycles. The molecule has 15 heteroatoms. The minimum Gasteiger partial charge on any atom is -0.484 e. The normalized spacial score (nSPS) is 18.0. The number of amides is 2. The molecule has 0 saturated carbocycles. The van der Waals surface area contributed by atoms with Crippen LogP contribution in [0.15, 0.2) is 47.4 Å². The molecule has 0 aromatic heterocycles. The minimum absolute atomic E-state index is 0.0181. The van der Waals surface area contributed by atoms with Crippen molar-refractivity contribution in [3.05, 3.63) is 48.3 Å². The molecule has 0 aliphatic carbocycles. The van der Waals surface area contributed by atoms with E-state index in [0.29, 0.717) is 33.5 Å². The fourth-order valence-corrected chi connectivity index (χ4v) is 5.90. The van der Waals surface area contributed by atoms with Gasteiger partial charge < -0.3 is 19.5 Å². The van der Waals surface area contributed by atoms with Crippen LogP contribution in [0.25, 0.3) is 0 Å². The van der Waals surface area contributed by atoms with E-state index in [0.717, 1.165) is 41.4 Å². The van der Waals surface area contributed by atoms with Crippen LogP contribution in [0.4, 0.5) is 33.7 Å². The van der Waals surface area contributed by atoms with E-state index in [2.05, 4.69) is 15.4 Å². The van der Waals surface area contributed by atoms with Crippen molar-refractivity contribution in [3.8, 4) is 5.75 Å². The van der Waals surface area contributed by atoms with Gasteiger partial charge in [-0.2, -0.15) is 13.2 Å². The molecule has 2 aliphatic rings. The zero-order valence-corrected chi connectivity index (χ0v) is 23.7. The maximum atomic E-state index is 13.7. The predicted octanol–water partition coefficient (Wildman–Crippen LogP) is 4.60. The Morgan fingerprint density at radius 3 is 2.38 bits per heavy atom. The number of carbonyl (C=O) groups excluding carboxylic acids is 2. The van der Waals surface area contributed by atoms with Gasteiger partial charge in [0.25, 0.3) is 10.0 Å². The van der Waals surface area contributed by atoms with Crippen molar-refractivity contribution in [2.24, 2.45) is 5.92 Å². The summed E-state index contributed by atoms with van der Waals surface area (Å²) in [5.74, 6) is -0.608. The van der Waals surface area contributed by atoms with Gasteiger partial charge in [-0.15, -0.1) is 0 Å². The van der Waals surface area contributed by atoms with Crippen molar-refractivity contribution in [1.29, 1.82) is 0 Å². The fourth-order valence-electron chi connectivity index (χ4n) is 4.40. The van der Waals surface area contributed by atoms with E-state index in [4.69, 9.17) is 9.47 Å². The van der Waals surface area contributed by atoms with Crippen molar-refractivity contribution in [2.45, 2.75) is 55.9 Å². The predicted molar refractivity (Wildman–Crippen MR) is 143 cm³/mol. The van der Waals surface area contributed by atoms with Crippen LogP contribution in [0, 0.1) is 11.7 Å². The molecule has 0 radical (unpaired) electrons. The molecule has 2 aromatic rings. The number of benzene rings is 2. The average Bonchev–Trinajstić information content (AvgIpc) is 2.91. The second kappa shape index (κ2) is 12.3. The summed E-state index contributed by atoms with van der Waals surface area (Å²) in [6.45, 7) is 2.27. The smallest absolute Gasteiger partial charge is 0.427 e. The van der Waals surface area contributed by atoms with E-state index in [1.54, 1.807) is 0 Å². The average molecular weight is 618 g/mol. The first-order valence-electron chi connectivity index (χ1n) is 13.2. The van der Waals surface area contributed by atoms with Crippen LogP contribution in [0.2, 0.25) is 0 Å². The van der Waals surface area contributed by atoms with Crippen LogP contribution >= 0.6 is 0 Å². The summed E-state index contributed by atoms with van der Waals surface area (Å²) < 4.78 is 97.0. The number of carbonyl (C=O) groups is 2. The van der Waals surface area contributed by atoms with Gasteiger partial charge in [0.05, 0.1) is 23.7 Å². The lowest BCUT2D eigenvalue weighted by molar-refractivity contribution is -0.242. The number of ether oxygens (including phenoxy) is 3. The number of sulfonamides is 1. The third-order valence-corrected chi connectivity index (χ3v) is 8.71. The molecule has 2 aliphatic heterocycles.